The Hall–Kier alpha value is -2.29. The van der Waals surface area contributed by atoms with E-state index in [0.29, 0.717) is 10.8 Å². The summed E-state index contributed by atoms with van der Waals surface area (Å²) in [4.78, 5) is 30.0. The lowest BCUT2D eigenvalue weighted by molar-refractivity contribution is -0.131. The molecule has 0 radical (unpaired) electrons. The van der Waals surface area contributed by atoms with Crippen molar-refractivity contribution in [2.24, 2.45) is 0 Å². The predicted molar refractivity (Wildman–Crippen MR) is 106 cm³/mol. The Balaban J connectivity index is 1.52. The van der Waals surface area contributed by atoms with Gasteiger partial charge in [0.15, 0.2) is 0 Å². The van der Waals surface area contributed by atoms with Crippen LogP contribution in [0.25, 0.3) is 0 Å². The molecular formula is C18H14ClF3N4O2S2. The Morgan fingerprint density at radius 1 is 1.47 bits per heavy atom. The highest BCUT2D eigenvalue weighted by Crippen LogP contribution is 2.31. The predicted octanol–water partition coefficient (Wildman–Crippen LogP) is 3.72. The number of nitrogens with one attached hydrogen (secondary N) is 1. The minimum Gasteiger partial charge on any atom is -0.342 e. The van der Waals surface area contributed by atoms with E-state index in [2.05, 4.69) is 10.3 Å². The number of alkyl halides is 2. The van der Waals surface area contributed by atoms with Crippen LogP contribution in [0.3, 0.4) is 0 Å². The van der Waals surface area contributed by atoms with Gasteiger partial charge in [-0.1, -0.05) is 11.6 Å². The van der Waals surface area contributed by atoms with Gasteiger partial charge in [0, 0.05) is 16.7 Å². The van der Waals surface area contributed by atoms with Gasteiger partial charge in [-0.25, -0.2) is 18.2 Å². The van der Waals surface area contributed by atoms with Gasteiger partial charge >= 0.3 is 0 Å². The average molecular weight is 475 g/mol. The van der Waals surface area contributed by atoms with Gasteiger partial charge in [0.1, 0.15) is 22.6 Å². The first-order valence-electron chi connectivity index (χ1n) is 8.56. The van der Waals surface area contributed by atoms with Crippen LogP contribution in [0.15, 0.2) is 28.5 Å². The zero-order chi connectivity index (χ0) is 21.9. The van der Waals surface area contributed by atoms with Crippen molar-refractivity contribution in [1.82, 2.24) is 15.2 Å². The number of rotatable bonds is 6. The molecule has 0 saturated carbocycles. The molecule has 2 amide bonds. The summed E-state index contributed by atoms with van der Waals surface area (Å²) in [5, 5.41) is 13.4. The Morgan fingerprint density at radius 3 is 2.93 bits per heavy atom. The van der Waals surface area contributed by atoms with Gasteiger partial charge < -0.3 is 10.2 Å². The quantitative estimate of drug-likeness (QED) is 0.645. The van der Waals surface area contributed by atoms with E-state index in [-0.39, 0.29) is 10.7 Å². The van der Waals surface area contributed by atoms with Crippen molar-refractivity contribution in [2.45, 2.75) is 29.0 Å². The highest BCUT2D eigenvalue weighted by atomic mass is 35.5. The first-order chi connectivity index (χ1) is 14.2. The van der Waals surface area contributed by atoms with Crippen LogP contribution < -0.4 is 5.32 Å². The number of nitriles is 1. The van der Waals surface area contributed by atoms with Gasteiger partial charge in [-0.15, -0.1) is 23.1 Å². The monoisotopic (exact) mass is 474 g/mol. The Labute approximate surface area is 183 Å². The van der Waals surface area contributed by atoms with E-state index in [1.54, 1.807) is 12.1 Å². The molecule has 12 heteroatoms. The van der Waals surface area contributed by atoms with Gasteiger partial charge in [0.05, 0.1) is 29.9 Å². The van der Waals surface area contributed by atoms with Crippen LogP contribution in [0.4, 0.5) is 13.2 Å². The van der Waals surface area contributed by atoms with Gasteiger partial charge in [-0.3, -0.25) is 9.59 Å². The fourth-order valence-corrected chi connectivity index (χ4v) is 4.71. The van der Waals surface area contributed by atoms with Crippen molar-refractivity contribution in [3.63, 3.8) is 0 Å². The van der Waals surface area contributed by atoms with Crippen molar-refractivity contribution in [3.05, 3.63) is 45.1 Å². The molecule has 2 aromatic rings. The number of thioether (sulfide) groups is 1. The minimum atomic E-state index is -3.11. The molecule has 0 unspecified atom stereocenters. The topological polar surface area (TPSA) is 86.1 Å². The molecule has 0 aliphatic carbocycles. The standard InChI is InChI=1S/C18H14ClF3N4O2S2/c19-12-3-11(1-2-13(12)20)29-8-15-25-14(7-30-15)17(28)24-6-16(27)26-9-18(21,22)4-10(26)5-23/h1-3,7,10H,4,6,8-9H2,(H,24,28)/t10-/m0/s1. The van der Waals surface area contributed by atoms with Gasteiger partial charge in [0.2, 0.25) is 5.91 Å². The number of hydrogen-bond acceptors (Lipinski definition) is 6. The fourth-order valence-electron chi connectivity index (χ4n) is 2.74. The molecule has 1 saturated heterocycles. The molecule has 1 aliphatic rings. The van der Waals surface area contributed by atoms with Crippen LogP contribution in [-0.2, 0) is 10.5 Å². The number of halogens is 4. The summed E-state index contributed by atoms with van der Waals surface area (Å²) in [5.74, 6) is -4.59. The lowest BCUT2D eigenvalue weighted by Crippen LogP contribution is -2.43. The molecule has 158 valence electrons. The van der Waals surface area contributed by atoms with Gasteiger partial charge in [-0.05, 0) is 18.2 Å². The number of carbonyl (C=O) groups excluding carboxylic acids is 2. The van der Waals surface area contributed by atoms with Crippen molar-refractivity contribution < 1.29 is 22.8 Å². The molecule has 6 nitrogen and oxygen atoms in total. The van der Waals surface area contributed by atoms with E-state index in [9.17, 15) is 22.8 Å². The number of amides is 2. The number of likely N-dealkylation sites (tertiary alicyclic amines) is 1. The van der Waals surface area contributed by atoms with E-state index in [4.69, 9.17) is 16.9 Å². The number of aromatic nitrogens is 1. The van der Waals surface area contributed by atoms with Crippen LogP contribution >= 0.6 is 34.7 Å². The summed E-state index contributed by atoms with van der Waals surface area (Å²) < 4.78 is 40.0. The maximum Gasteiger partial charge on any atom is 0.271 e. The average Bonchev–Trinajstić information content (AvgIpc) is 3.30. The molecule has 3 rings (SSSR count). The minimum absolute atomic E-state index is 0.0123. The summed E-state index contributed by atoms with van der Waals surface area (Å²) in [7, 11) is 0. The summed E-state index contributed by atoms with van der Waals surface area (Å²) in [6, 6.07) is 4.79. The number of carbonyl (C=O) groups is 2. The molecule has 1 atom stereocenters. The summed E-state index contributed by atoms with van der Waals surface area (Å²) in [5.41, 5.74) is 0.0872. The smallest absolute Gasteiger partial charge is 0.271 e. The van der Waals surface area contributed by atoms with E-state index in [1.165, 1.54) is 40.6 Å². The molecule has 1 fully saturated rings. The molecule has 0 spiro atoms. The second-order valence-corrected chi connectivity index (χ2v) is 8.80. The first-order valence-corrected chi connectivity index (χ1v) is 10.8. The Kier molecular flexibility index (Phi) is 6.90. The van der Waals surface area contributed by atoms with E-state index in [1.807, 2.05) is 0 Å². The molecule has 1 N–H and O–H groups in total. The third kappa shape index (κ3) is 5.44. The van der Waals surface area contributed by atoms with Crippen molar-refractivity contribution >= 4 is 46.5 Å². The third-order valence-electron chi connectivity index (χ3n) is 4.18. The summed E-state index contributed by atoms with van der Waals surface area (Å²) in [6.07, 6.45) is -0.713. The number of thiazole rings is 1. The Morgan fingerprint density at radius 2 is 2.23 bits per heavy atom. The van der Waals surface area contributed by atoms with Crippen molar-refractivity contribution in [1.29, 1.82) is 5.26 Å². The third-order valence-corrected chi connectivity index (χ3v) is 6.50. The maximum atomic E-state index is 13.4. The second kappa shape index (κ2) is 9.24. The molecule has 30 heavy (non-hydrogen) atoms. The second-order valence-electron chi connectivity index (χ2n) is 6.40. The zero-order valence-corrected chi connectivity index (χ0v) is 17.6. The number of nitrogens with zero attached hydrogens (tertiary/aromatic N) is 3. The summed E-state index contributed by atoms with van der Waals surface area (Å²) in [6.45, 7) is -1.35. The molecular weight excluding hydrogens is 461 g/mol. The van der Waals surface area contributed by atoms with E-state index < -0.39 is 49.1 Å². The number of hydrogen-bond donors (Lipinski definition) is 1. The summed E-state index contributed by atoms with van der Waals surface area (Å²) >= 11 is 8.33. The SMILES string of the molecule is N#C[C@@H]1CC(F)(F)CN1C(=O)CNC(=O)c1csc(CSc2ccc(F)c(Cl)c2)n1. The fraction of sp³-hybridized carbons (Fsp3) is 0.333. The highest BCUT2D eigenvalue weighted by molar-refractivity contribution is 7.98. The molecule has 1 aliphatic heterocycles. The number of benzene rings is 1. The first kappa shape index (κ1) is 22.4. The normalized spacial score (nSPS) is 17.6. The van der Waals surface area contributed by atoms with E-state index in [0.717, 1.165) is 9.80 Å². The lowest BCUT2D eigenvalue weighted by Gasteiger charge is -2.19. The molecule has 0 bridgehead atoms. The van der Waals surface area contributed by atoms with Gasteiger partial charge in [0.25, 0.3) is 11.8 Å². The van der Waals surface area contributed by atoms with Crippen LogP contribution in [0.5, 0.6) is 0 Å². The van der Waals surface area contributed by atoms with Crippen LogP contribution in [0.1, 0.15) is 21.9 Å². The van der Waals surface area contributed by atoms with Crippen LogP contribution in [0, 0.1) is 17.1 Å². The van der Waals surface area contributed by atoms with Gasteiger partial charge in [-0.2, -0.15) is 5.26 Å². The highest BCUT2D eigenvalue weighted by Gasteiger charge is 2.47. The van der Waals surface area contributed by atoms with E-state index >= 15 is 0 Å². The van der Waals surface area contributed by atoms with Crippen molar-refractivity contribution in [3.8, 4) is 6.07 Å². The molecule has 2 heterocycles. The maximum absolute atomic E-state index is 13.4. The lowest BCUT2D eigenvalue weighted by atomic mass is 10.2. The Bertz CT molecular complexity index is 1010. The molecule has 1 aromatic carbocycles. The van der Waals surface area contributed by atoms with Crippen molar-refractivity contribution in [2.75, 3.05) is 13.1 Å². The largest absolute Gasteiger partial charge is 0.342 e. The molecule has 1 aromatic heterocycles. The zero-order valence-electron chi connectivity index (χ0n) is 15.2. The van der Waals surface area contributed by atoms with Crippen LogP contribution in [-0.4, -0.2) is 46.8 Å². The van der Waals surface area contributed by atoms with Crippen LogP contribution in [0.2, 0.25) is 5.02 Å².